The molecule has 0 amide bonds. The molecule has 1 aliphatic rings. The molecular formula is C16H39ClOSi4. The second-order valence-corrected chi connectivity index (χ2v) is 52.4. The van der Waals surface area contributed by atoms with E-state index < -0.39 is 29.4 Å². The van der Waals surface area contributed by atoms with E-state index in [0.29, 0.717) is 11.3 Å². The van der Waals surface area contributed by atoms with Gasteiger partial charge < -0.3 is 4.74 Å². The second-order valence-electron chi connectivity index (χ2n) is 10.3. The Morgan fingerprint density at radius 2 is 1.27 bits per heavy atom. The van der Waals surface area contributed by atoms with Crippen molar-refractivity contribution in [3.05, 3.63) is 0 Å². The third kappa shape index (κ3) is 4.60. The normalized spacial score (nSPS) is 23.7. The van der Waals surface area contributed by atoms with Crippen LogP contribution in [0.15, 0.2) is 0 Å². The lowest BCUT2D eigenvalue weighted by Crippen LogP contribution is -2.82. The Morgan fingerprint density at radius 1 is 0.864 bits per heavy atom. The van der Waals surface area contributed by atoms with Crippen molar-refractivity contribution in [3.63, 3.8) is 0 Å². The molecule has 0 aliphatic heterocycles. The van der Waals surface area contributed by atoms with Gasteiger partial charge in [0.05, 0.1) is 6.61 Å². The first-order chi connectivity index (χ1) is 9.74. The summed E-state index contributed by atoms with van der Waals surface area (Å²) in [6.45, 7) is 24.8. The van der Waals surface area contributed by atoms with Gasteiger partial charge in [0.25, 0.3) is 0 Å². The van der Waals surface area contributed by atoms with Crippen LogP contribution < -0.4 is 0 Å². The maximum absolute atomic E-state index is 6.06. The van der Waals surface area contributed by atoms with Crippen LogP contribution in [0.3, 0.4) is 0 Å². The number of halogens is 1. The number of ether oxygens (including phenoxy) is 1. The first-order valence-electron chi connectivity index (χ1n) is 8.96. The number of rotatable bonds is 9. The fraction of sp³-hybridized carbons (Fsp3) is 1.00. The molecule has 0 aromatic heterocycles. The first-order valence-corrected chi connectivity index (χ1v) is 25.1. The number of hydrogen-bond acceptors (Lipinski definition) is 1. The van der Waals surface area contributed by atoms with E-state index in [9.17, 15) is 0 Å². The van der Waals surface area contributed by atoms with Crippen molar-refractivity contribution >= 4 is 41.0 Å². The molecule has 0 saturated heterocycles. The van der Waals surface area contributed by atoms with Gasteiger partial charge >= 0.3 is 0 Å². The van der Waals surface area contributed by atoms with Crippen molar-refractivity contribution in [1.29, 1.82) is 0 Å². The highest BCUT2D eigenvalue weighted by Crippen LogP contribution is 2.41. The van der Waals surface area contributed by atoms with Gasteiger partial charge in [0.2, 0.25) is 0 Å². The summed E-state index contributed by atoms with van der Waals surface area (Å²) in [7, 11) is -3.31. The van der Waals surface area contributed by atoms with Crippen LogP contribution >= 0.6 is 11.6 Å². The molecule has 0 aromatic carbocycles. The minimum absolute atomic E-state index is 0.402. The fourth-order valence-electron chi connectivity index (χ4n) is 5.56. The van der Waals surface area contributed by atoms with E-state index in [-0.39, 0.29) is 0 Å². The highest BCUT2D eigenvalue weighted by molar-refractivity contribution is 7.89. The molecule has 0 aromatic rings. The van der Waals surface area contributed by atoms with Gasteiger partial charge in [-0.3, -0.25) is 0 Å². The van der Waals surface area contributed by atoms with Crippen molar-refractivity contribution in [3.8, 4) is 0 Å². The Bertz CT molecular complexity index is 332. The Balaban J connectivity index is 2.73. The molecule has 0 spiro atoms. The van der Waals surface area contributed by atoms with Crippen LogP contribution in [0.25, 0.3) is 0 Å². The van der Waals surface area contributed by atoms with Gasteiger partial charge in [0.1, 0.15) is 0 Å². The molecule has 1 aliphatic carbocycles. The smallest absolute Gasteiger partial charge is 0.0508 e. The molecule has 0 N–H and O–H groups in total. The molecule has 2 unspecified atom stereocenters. The number of alkyl halides is 1. The minimum atomic E-state index is -1.16. The SMILES string of the molecule is C[Si](C)(C)[Si](CCCOCC1CC1Cl)([Si](C)(C)C)[Si](C)(C)C. The van der Waals surface area contributed by atoms with Crippen LogP contribution in [0.2, 0.25) is 65.0 Å². The van der Waals surface area contributed by atoms with E-state index in [1.807, 2.05) is 0 Å². The average Bonchev–Trinajstić information content (AvgIpc) is 2.93. The van der Waals surface area contributed by atoms with E-state index in [1.54, 1.807) is 0 Å². The molecule has 132 valence electrons. The minimum Gasteiger partial charge on any atom is -0.381 e. The molecule has 1 rings (SSSR count). The molecular weight excluding hydrogens is 356 g/mol. The summed E-state index contributed by atoms with van der Waals surface area (Å²) in [6.07, 6.45) is 2.46. The van der Waals surface area contributed by atoms with Crippen molar-refractivity contribution in [2.24, 2.45) is 5.92 Å². The number of hydrogen-bond donors (Lipinski definition) is 0. The largest absolute Gasteiger partial charge is 0.381 e. The highest BCUT2D eigenvalue weighted by atomic mass is 35.5. The van der Waals surface area contributed by atoms with Crippen LogP contribution in [0.4, 0.5) is 0 Å². The van der Waals surface area contributed by atoms with Gasteiger partial charge in [0.15, 0.2) is 0 Å². The van der Waals surface area contributed by atoms with E-state index in [4.69, 9.17) is 16.3 Å². The fourth-order valence-corrected chi connectivity index (χ4v) is 105. The molecule has 0 radical (unpaired) electrons. The van der Waals surface area contributed by atoms with Crippen molar-refractivity contribution < 1.29 is 4.74 Å². The predicted octanol–water partition coefficient (Wildman–Crippen LogP) is 5.72. The van der Waals surface area contributed by atoms with Crippen molar-refractivity contribution in [2.75, 3.05) is 13.2 Å². The van der Waals surface area contributed by atoms with Crippen LogP contribution in [0.1, 0.15) is 12.8 Å². The van der Waals surface area contributed by atoms with Crippen LogP contribution in [-0.4, -0.2) is 48.0 Å². The molecule has 1 nitrogen and oxygen atoms in total. The standard InChI is InChI=1S/C16H39ClOSi4/c1-19(2,3)22(20(4,5)6,21(7,8)9)12-10-11-18-14-15-13-16(15)17/h15-16H,10-14H2,1-9H3. The summed E-state index contributed by atoms with van der Waals surface area (Å²) in [6, 6.07) is 1.53. The molecule has 1 saturated carbocycles. The summed E-state index contributed by atoms with van der Waals surface area (Å²) < 4.78 is 5.95. The van der Waals surface area contributed by atoms with Gasteiger partial charge in [-0.1, -0.05) is 65.0 Å². The predicted molar refractivity (Wildman–Crippen MR) is 114 cm³/mol. The quantitative estimate of drug-likeness (QED) is 0.276. The third-order valence-corrected chi connectivity index (χ3v) is 81.0. The van der Waals surface area contributed by atoms with Gasteiger partial charge in [-0.25, -0.2) is 0 Å². The monoisotopic (exact) mass is 394 g/mol. The topological polar surface area (TPSA) is 9.23 Å². The van der Waals surface area contributed by atoms with E-state index >= 15 is 0 Å². The van der Waals surface area contributed by atoms with E-state index in [1.165, 1.54) is 18.9 Å². The zero-order valence-electron chi connectivity index (χ0n) is 16.5. The summed E-state index contributed by atoms with van der Waals surface area (Å²) >= 11 is 6.06. The Morgan fingerprint density at radius 3 is 1.59 bits per heavy atom. The van der Waals surface area contributed by atoms with Gasteiger partial charge in [-0.2, -0.15) is 0 Å². The summed E-state index contributed by atoms with van der Waals surface area (Å²) in [5.41, 5.74) is 0. The lowest BCUT2D eigenvalue weighted by atomic mass is 10.4. The van der Waals surface area contributed by atoms with Gasteiger partial charge in [-0.05, 0) is 12.8 Å². The van der Waals surface area contributed by atoms with E-state index in [2.05, 4.69) is 58.9 Å². The summed E-state index contributed by atoms with van der Waals surface area (Å²) in [5.74, 6) is 0.648. The highest BCUT2D eigenvalue weighted by Gasteiger charge is 2.60. The summed E-state index contributed by atoms with van der Waals surface area (Å²) in [5, 5.41) is 0.402. The van der Waals surface area contributed by atoms with E-state index in [0.717, 1.165) is 13.2 Å². The molecule has 22 heavy (non-hydrogen) atoms. The maximum atomic E-state index is 6.06. The molecule has 1 fully saturated rings. The van der Waals surface area contributed by atoms with Crippen molar-refractivity contribution in [2.45, 2.75) is 83.2 Å². The van der Waals surface area contributed by atoms with Crippen LogP contribution in [0.5, 0.6) is 0 Å². The molecule has 0 bridgehead atoms. The Hall–Kier alpha value is 1.12. The lowest BCUT2D eigenvalue weighted by Gasteiger charge is -2.58. The Labute approximate surface area is 148 Å². The van der Waals surface area contributed by atoms with Crippen molar-refractivity contribution in [1.82, 2.24) is 0 Å². The lowest BCUT2D eigenvalue weighted by molar-refractivity contribution is 0.125. The maximum Gasteiger partial charge on any atom is 0.0508 e. The van der Waals surface area contributed by atoms with Crippen LogP contribution in [0, 0.1) is 5.92 Å². The molecule has 6 heteroatoms. The third-order valence-electron chi connectivity index (χ3n) is 5.85. The average molecular weight is 395 g/mol. The Kier molecular flexibility index (Phi) is 6.89. The van der Waals surface area contributed by atoms with Gasteiger partial charge in [0, 0.05) is 47.3 Å². The van der Waals surface area contributed by atoms with Gasteiger partial charge in [-0.15, -0.1) is 11.6 Å². The second kappa shape index (κ2) is 7.16. The molecule has 2 atom stereocenters. The molecule has 0 heterocycles. The zero-order chi connectivity index (χ0) is 17.4. The van der Waals surface area contributed by atoms with Crippen LogP contribution in [-0.2, 0) is 4.74 Å². The zero-order valence-corrected chi connectivity index (χ0v) is 21.2. The first kappa shape index (κ1) is 21.2. The summed E-state index contributed by atoms with van der Waals surface area (Å²) in [4.78, 5) is 0.